The van der Waals surface area contributed by atoms with Crippen LogP contribution >= 0.6 is 0 Å². The lowest BCUT2D eigenvalue weighted by Crippen LogP contribution is -1.91. The molecule has 2 aromatic heterocycles. The first-order valence-electron chi connectivity index (χ1n) is 14.0. The molecule has 0 amide bonds. The fraction of sp³-hybridized carbons (Fsp3) is 0.0526. The zero-order valence-corrected chi connectivity index (χ0v) is 22.2. The maximum absolute atomic E-state index is 6.20. The molecule has 1 aliphatic heterocycles. The van der Waals surface area contributed by atoms with Crippen molar-refractivity contribution >= 4 is 43.9 Å². The van der Waals surface area contributed by atoms with Crippen molar-refractivity contribution in [3.05, 3.63) is 132 Å². The van der Waals surface area contributed by atoms with Crippen molar-refractivity contribution in [2.75, 3.05) is 0 Å². The summed E-state index contributed by atoms with van der Waals surface area (Å²) in [7, 11) is 0. The third-order valence-corrected chi connectivity index (χ3v) is 8.45. The average molecular weight is 529 g/mol. The highest BCUT2D eigenvalue weighted by Gasteiger charge is 2.19. The molecule has 3 nitrogen and oxygen atoms in total. The minimum absolute atomic E-state index is 0.587. The van der Waals surface area contributed by atoms with Gasteiger partial charge in [-0.3, -0.25) is 0 Å². The molecule has 0 spiro atoms. The third kappa shape index (κ3) is 3.49. The van der Waals surface area contributed by atoms with Gasteiger partial charge in [-0.15, -0.1) is 0 Å². The Hall–Kier alpha value is -5.12. The highest BCUT2D eigenvalue weighted by Crippen LogP contribution is 2.41. The first-order valence-corrected chi connectivity index (χ1v) is 14.0. The predicted molar refractivity (Wildman–Crippen MR) is 166 cm³/mol. The van der Waals surface area contributed by atoms with Crippen molar-refractivity contribution in [3.8, 4) is 33.4 Å². The number of hydrogen-bond donors (Lipinski definition) is 0. The Kier molecular flexibility index (Phi) is 4.80. The first kappa shape index (κ1) is 22.7. The summed E-state index contributed by atoms with van der Waals surface area (Å²) in [4.78, 5) is 0. The molecule has 0 bridgehead atoms. The molecule has 3 heteroatoms. The lowest BCUT2D eigenvalue weighted by Gasteiger charge is -2.14. The van der Waals surface area contributed by atoms with Gasteiger partial charge in [0, 0.05) is 21.5 Å². The van der Waals surface area contributed by atoms with E-state index in [2.05, 4.69) is 97.1 Å². The summed E-state index contributed by atoms with van der Waals surface area (Å²) in [6.07, 6.45) is 0. The fourth-order valence-corrected chi connectivity index (χ4v) is 6.44. The minimum Gasteiger partial charge on any atom is -0.456 e. The van der Waals surface area contributed by atoms with E-state index in [-0.39, 0.29) is 0 Å². The van der Waals surface area contributed by atoms with Gasteiger partial charge in [0.25, 0.3) is 0 Å². The number of ether oxygens (including phenoxy) is 1. The Morgan fingerprint density at radius 3 is 1.80 bits per heavy atom. The smallest absolute Gasteiger partial charge is 0.136 e. The molecule has 9 rings (SSSR count). The van der Waals surface area contributed by atoms with Gasteiger partial charge >= 0.3 is 0 Å². The molecule has 3 heterocycles. The Labute approximate surface area is 236 Å². The summed E-state index contributed by atoms with van der Waals surface area (Å²) >= 11 is 0. The normalized spacial score (nSPS) is 13.1. The van der Waals surface area contributed by atoms with Crippen LogP contribution in [0, 0.1) is 0 Å². The topological polar surface area (TPSA) is 35.5 Å². The summed E-state index contributed by atoms with van der Waals surface area (Å²) in [5.41, 5.74) is 13.1. The lowest BCUT2D eigenvalue weighted by atomic mass is 9.89. The molecule has 1 aliphatic rings. The first-order chi connectivity index (χ1) is 20.3. The van der Waals surface area contributed by atoms with Gasteiger partial charge in [-0.1, -0.05) is 78.9 Å². The Morgan fingerprint density at radius 2 is 0.976 bits per heavy atom. The van der Waals surface area contributed by atoms with E-state index in [1.165, 1.54) is 33.4 Å². The van der Waals surface area contributed by atoms with Gasteiger partial charge in [0.2, 0.25) is 0 Å². The van der Waals surface area contributed by atoms with Crippen LogP contribution in [0.3, 0.4) is 0 Å². The van der Waals surface area contributed by atoms with Crippen LogP contribution in [0.5, 0.6) is 0 Å². The van der Waals surface area contributed by atoms with Crippen LogP contribution in [0.15, 0.2) is 130 Å². The van der Waals surface area contributed by atoms with Gasteiger partial charge in [-0.2, -0.15) is 0 Å². The molecule has 194 valence electrons. The molecule has 0 saturated heterocycles. The molecule has 0 aliphatic carbocycles. The molecule has 0 unspecified atom stereocenters. The van der Waals surface area contributed by atoms with Crippen molar-refractivity contribution < 1.29 is 13.6 Å². The van der Waals surface area contributed by atoms with E-state index in [0.29, 0.717) is 13.2 Å². The van der Waals surface area contributed by atoms with Crippen molar-refractivity contribution in [2.45, 2.75) is 13.2 Å². The van der Waals surface area contributed by atoms with Crippen molar-refractivity contribution in [2.24, 2.45) is 0 Å². The largest absolute Gasteiger partial charge is 0.456 e. The van der Waals surface area contributed by atoms with Crippen LogP contribution in [-0.2, 0) is 18.0 Å². The quantitative estimate of drug-likeness (QED) is 0.224. The van der Waals surface area contributed by atoms with Crippen LogP contribution in [0.1, 0.15) is 11.1 Å². The minimum atomic E-state index is 0.587. The van der Waals surface area contributed by atoms with E-state index in [9.17, 15) is 0 Å². The third-order valence-electron chi connectivity index (χ3n) is 8.45. The number of benzene rings is 6. The Bertz CT molecular complexity index is 2300. The van der Waals surface area contributed by atoms with Gasteiger partial charge in [0.1, 0.15) is 22.3 Å². The molecular weight excluding hydrogens is 504 g/mol. The van der Waals surface area contributed by atoms with E-state index < -0.39 is 0 Å². The maximum atomic E-state index is 6.20. The van der Waals surface area contributed by atoms with Gasteiger partial charge in [0.05, 0.1) is 13.2 Å². The van der Waals surface area contributed by atoms with E-state index >= 15 is 0 Å². The van der Waals surface area contributed by atoms with Gasteiger partial charge in [-0.25, -0.2) is 0 Å². The molecule has 0 atom stereocenters. The van der Waals surface area contributed by atoms with Crippen LogP contribution in [0.2, 0.25) is 0 Å². The molecule has 8 aromatic rings. The Morgan fingerprint density at radius 1 is 0.390 bits per heavy atom. The van der Waals surface area contributed by atoms with E-state index in [0.717, 1.165) is 55.0 Å². The van der Waals surface area contributed by atoms with Crippen LogP contribution in [0.4, 0.5) is 0 Å². The summed E-state index contributed by atoms with van der Waals surface area (Å²) < 4.78 is 18.5. The number of para-hydroxylation sites is 2. The molecule has 0 saturated carbocycles. The molecule has 0 fully saturated rings. The van der Waals surface area contributed by atoms with Gasteiger partial charge in [0.15, 0.2) is 0 Å². The van der Waals surface area contributed by atoms with Gasteiger partial charge < -0.3 is 13.6 Å². The van der Waals surface area contributed by atoms with Crippen molar-refractivity contribution in [1.29, 1.82) is 0 Å². The standard InChI is InChI=1S/C38H24O3/c1-3-9-34-29(6-1)30-17-16-24(20-37(30)41-34)23-12-14-26-21-39-22-27-15-13-25(19-33(27)32(26)18-23)28-8-5-11-36-38(28)31-7-2-4-10-35(31)40-36/h1-20H,21-22H2. The fourth-order valence-electron chi connectivity index (χ4n) is 6.44. The monoisotopic (exact) mass is 528 g/mol. The van der Waals surface area contributed by atoms with E-state index in [1.54, 1.807) is 0 Å². The second kappa shape index (κ2) is 8.69. The zero-order valence-electron chi connectivity index (χ0n) is 22.2. The number of rotatable bonds is 2. The molecule has 6 aromatic carbocycles. The lowest BCUT2D eigenvalue weighted by molar-refractivity contribution is 0.110. The number of furan rings is 2. The van der Waals surface area contributed by atoms with Crippen LogP contribution in [-0.4, -0.2) is 0 Å². The summed E-state index contributed by atoms with van der Waals surface area (Å²) in [6.45, 7) is 1.17. The summed E-state index contributed by atoms with van der Waals surface area (Å²) in [5.74, 6) is 0. The number of hydrogen-bond acceptors (Lipinski definition) is 3. The Balaban J connectivity index is 1.21. The summed E-state index contributed by atoms with van der Waals surface area (Å²) in [5, 5.41) is 4.58. The van der Waals surface area contributed by atoms with E-state index in [1.807, 2.05) is 24.3 Å². The number of fused-ring (bicyclic) bond motifs is 9. The highest BCUT2D eigenvalue weighted by molar-refractivity contribution is 6.12. The summed E-state index contributed by atoms with van der Waals surface area (Å²) in [6, 6.07) is 42.8. The highest BCUT2D eigenvalue weighted by atomic mass is 16.5. The SMILES string of the molecule is c1ccc2c(c1)oc1cc(-c3ccc4c(c3)-c3cc(-c5cccc6oc7ccccc7c56)ccc3COC4)ccc12. The van der Waals surface area contributed by atoms with E-state index in [4.69, 9.17) is 13.6 Å². The van der Waals surface area contributed by atoms with Crippen LogP contribution in [0.25, 0.3) is 77.3 Å². The molecule has 0 N–H and O–H groups in total. The zero-order chi connectivity index (χ0) is 26.9. The predicted octanol–water partition coefficient (Wildman–Crippen LogP) is 10.5. The van der Waals surface area contributed by atoms with Gasteiger partial charge in [-0.05, 0) is 87.0 Å². The van der Waals surface area contributed by atoms with Crippen LogP contribution < -0.4 is 0 Å². The van der Waals surface area contributed by atoms with Crippen molar-refractivity contribution in [1.82, 2.24) is 0 Å². The molecular formula is C38H24O3. The second-order valence-corrected chi connectivity index (χ2v) is 10.8. The average Bonchev–Trinajstić information content (AvgIpc) is 3.53. The second-order valence-electron chi connectivity index (χ2n) is 10.8. The van der Waals surface area contributed by atoms with Crippen molar-refractivity contribution in [3.63, 3.8) is 0 Å². The molecule has 0 radical (unpaired) electrons. The maximum Gasteiger partial charge on any atom is 0.136 e. The molecule has 41 heavy (non-hydrogen) atoms.